The maximum atomic E-state index is 12.7. The second-order valence-electron chi connectivity index (χ2n) is 7.28. The van der Waals surface area contributed by atoms with Crippen molar-refractivity contribution >= 4 is 40.2 Å². The van der Waals surface area contributed by atoms with E-state index in [0.717, 1.165) is 29.6 Å². The highest BCUT2D eigenvalue weighted by atomic mass is 35.5. The molecule has 150 valence electrons. The van der Waals surface area contributed by atoms with Gasteiger partial charge in [-0.05, 0) is 49.2 Å². The molecule has 2 heterocycles. The summed E-state index contributed by atoms with van der Waals surface area (Å²) in [6, 6.07) is 16.7. The Kier molecular flexibility index (Phi) is 4.72. The molecule has 0 atom stereocenters. The van der Waals surface area contributed by atoms with Crippen LogP contribution in [0.5, 0.6) is 0 Å². The quantitative estimate of drug-likeness (QED) is 0.364. The Morgan fingerprint density at radius 1 is 1.10 bits per heavy atom. The van der Waals surface area contributed by atoms with Crippen LogP contribution >= 0.6 is 23.2 Å². The van der Waals surface area contributed by atoms with Gasteiger partial charge in [0.2, 0.25) is 0 Å². The van der Waals surface area contributed by atoms with Crippen molar-refractivity contribution in [2.24, 2.45) is 0 Å². The number of carbonyl (C=O) groups excluding carboxylic acids is 1. The number of benzene rings is 2. The summed E-state index contributed by atoms with van der Waals surface area (Å²) in [5.41, 5.74) is 4.04. The van der Waals surface area contributed by atoms with Gasteiger partial charge in [0, 0.05) is 16.5 Å². The average Bonchev–Trinajstić information content (AvgIpc) is 3.53. The van der Waals surface area contributed by atoms with E-state index in [-0.39, 0.29) is 0 Å². The SMILES string of the molecule is COC(=O)c1cc(-c2ccc(Cl)cc2Cl)nc2c1c(C1CC1)nn2-c1ccccc1. The minimum atomic E-state index is -0.428. The van der Waals surface area contributed by atoms with Crippen molar-refractivity contribution in [2.75, 3.05) is 7.11 Å². The van der Waals surface area contributed by atoms with E-state index in [1.807, 2.05) is 30.3 Å². The van der Waals surface area contributed by atoms with Gasteiger partial charge in [-0.25, -0.2) is 14.5 Å². The van der Waals surface area contributed by atoms with Crippen LogP contribution in [0.25, 0.3) is 28.0 Å². The number of carbonyl (C=O) groups is 1. The molecule has 0 saturated heterocycles. The van der Waals surface area contributed by atoms with Crippen molar-refractivity contribution in [2.45, 2.75) is 18.8 Å². The van der Waals surface area contributed by atoms with Crippen LogP contribution in [0.1, 0.15) is 34.8 Å². The van der Waals surface area contributed by atoms with Crippen LogP contribution < -0.4 is 0 Å². The fourth-order valence-corrected chi connectivity index (χ4v) is 4.15. The third kappa shape index (κ3) is 3.24. The molecule has 5 nitrogen and oxygen atoms in total. The first-order chi connectivity index (χ1) is 14.6. The Morgan fingerprint density at radius 2 is 1.87 bits per heavy atom. The van der Waals surface area contributed by atoms with Crippen LogP contribution in [0.2, 0.25) is 10.0 Å². The summed E-state index contributed by atoms with van der Waals surface area (Å²) in [6.45, 7) is 0. The third-order valence-corrected chi connectivity index (χ3v) is 5.79. The number of rotatable bonds is 4. The minimum absolute atomic E-state index is 0.327. The highest BCUT2D eigenvalue weighted by Gasteiger charge is 2.33. The zero-order valence-corrected chi connectivity index (χ0v) is 17.6. The fraction of sp³-hybridized carbons (Fsp3) is 0.174. The van der Waals surface area contributed by atoms with E-state index in [0.29, 0.717) is 38.4 Å². The predicted molar refractivity (Wildman–Crippen MR) is 118 cm³/mol. The number of methoxy groups -OCH3 is 1. The van der Waals surface area contributed by atoms with E-state index in [9.17, 15) is 4.79 Å². The molecule has 1 aliphatic rings. The fourth-order valence-electron chi connectivity index (χ4n) is 3.64. The molecule has 0 N–H and O–H groups in total. The monoisotopic (exact) mass is 437 g/mol. The molecule has 4 aromatic rings. The van der Waals surface area contributed by atoms with Crippen LogP contribution in [0.4, 0.5) is 0 Å². The largest absolute Gasteiger partial charge is 0.465 e. The normalized spacial score (nSPS) is 13.6. The number of esters is 1. The lowest BCUT2D eigenvalue weighted by molar-refractivity contribution is 0.0603. The molecule has 30 heavy (non-hydrogen) atoms. The Labute approximate surface area is 183 Å². The molecule has 1 saturated carbocycles. The van der Waals surface area contributed by atoms with Crippen LogP contribution in [0.3, 0.4) is 0 Å². The zero-order valence-electron chi connectivity index (χ0n) is 16.1. The van der Waals surface area contributed by atoms with Crippen molar-refractivity contribution in [3.8, 4) is 16.9 Å². The van der Waals surface area contributed by atoms with Crippen molar-refractivity contribution in [1.29, 1.82) is 0 Å². The van der Waals surface area contributed by atoms with Crippen LogP contribution in [0, 0.1) is 0 Å². The number of nitrogens with zero attached hydrogens (tertiary/aromatic N) is 3. The van der Waals surface area contributed by atoms with Crippen molar-refractivity contribution < 1.29 is 9.53 Å². The summed E-state index contributed by atoms with van der Waals surface area (Å²) in [4.78, 5) is 17.6. The molecule has 0 aliphatic heterocycles. The molecular weight excluding hydrogens is 421 g/mol. The smallest absolute Gasteiger partial charge is 0.338 e. The molecule has 1 fully saturated rings. The van der Waals surface area contributed by atoms with Gasteiger partial charge in [-0.1, -0.05) is 41.4 Å². The molecular formula is C23H17Cl2N3O2. The van der Waals surface area contributed by atoms with Crippen molar-refractivity contribution in [1.82, 2.24) is 14.8 Å². The summed E-state index contributed by atoms with van der Waals surface area (Å²) in [7, 11) is 1.38. The standard InChI is InChI=1S/C23H17Cl2N3O2/c1-30-23(29)17-12-19(16-10-9-14(24)11-18(16)25)26-22-20(17)21(13-7-8-13)27-28(22)15-5-3-2-4-6-15/h2-6,9-13H,7-8H2,1H3. The van der Waals surface area contributed by atoms with Crippen LogP contribution in [-0.2, 0) is 4.74 Å². The number of fused-ring (bicyclic) bond motifs is 1. The van der Waals surface area contributed by atoms with Gasteiger partial charge in [-0.15, -0.1) is 0 Å². The lowest BCUT2D eigenvalue weighted by Gasteiger charge is -2.10. The van der Waals surface area contributed by atoms with E-state index in [4.69, 9.17) is 38.0 Å². The molecule has 2 aromatic heterocycles. The van der Waals surface area contributed by atoms with Gasteiger partial charge >= 0.3 is 5.97 Å². The third-order valence-electron chi connectivity index (χ3n) is 5.24. The summed E-state index contributed by atoms with van der Waals surface area (Å²) < 4.78 is 6.89. The van der Waals surface area contributed by atoms with Crippen LogP contribution in [0.15, 0.2) is 54.6 Å². The molecule has 0 unspecified atom stereocenters. The zero-order chi connectivity index (χ0) is 20.8. The number of hydrogen-bond acceptors (Lipinski definition) is 4. The van der Waals surface area contributed by atoms with Gasteiger partial charge in [0.05, 0.1) is 40.2 Å². The number of aromatic nitrogens is 3. The molecule has 0 spiro atoms. The Hall–Kier alpha value is -2.89. The first-order valence-corrected chi connectivity index (χ1v) is 10.3. The average molecular weight is 438 g/mol. The maximum absolute atomic E-state index is 12.7. The van der Waals surface area contributed by atoms with Gasteiger partial charge in [-0.3, -0.25) is 0 Å². The second kappa shape index (κ2) is 7.42. The first kappa shape index (κ1) is 19.1. The molecule has 0 radical (unpaired) electrons. The summed E-state index contributed by atoms with van der Waals surface area (Å²) >= 11 is 12.5. The first-order valence-electron chi connectivity index (χ1n) is 9.59. The highest BCUT2D eigenvalue weighted by Crippen LogP contribution is 2.44. The van der Waals surface area contributed by atoms with Gasteiger partial charge in [0.25, 0.3) is 0 Å². The van der Waals surface area contributed by atoms with Gasteiger partial charge in [0.1, 0.15) is 0 Å². The Balaban J connectivity index is 1.85. The molecule has 1 aliphatic carbocycles. The lowest BCUT2D eigenvalue weighted by atomic mass is 10.0. The number of halogens is 2. The lowest BCUT2D eigenvalue weighted by Crippen LogP contribution is -2.05. The molecule has 0 amide bonds. The van der Waals surface area contributed by atoms with Crippen molar-refractivity contribution in [3.05, 3.63) is 75.9 Å². The van der Waals surface area contributed by atoms with E-state index in [2.05, 4.69) is 0 Å². The topological polar surface area (TPSA) is 57.0 Å². The number of para-hydroxylation sites is 1. The van der Waals surface area contributed by atoms with E-state index < -0.39 is 5.97 Å². The number of ether oxygens (including phenoxy) is 1. The minimum Gasteiger partial charge on any atom is -0.465 e. The number of pyridine rings is 1. The van der Waals surface area contributed by atoms with E-state index in [1.165, 1.54) is 7.11 Å². The van der Waals surface area contributed by atoms with Crippen LogP contribution in [-0.4, -0.2) is 27.8 Å². The Bertz CT molecular complexity index is 1280. The predicted octanol–water partition coefficient (Wildman–Crippen LogP) is 6.06. The van der Waals surface area contributed by atoms with E-state index >= 15 is 0 Å². The van der Waals surface area contributed by atoms with Gasteiger partial charge < -0.3 is 4.74 Å². The molecule has 0 bridgehead atoms. The second-order valence-corrected chi connectivity index (χ2v) is 8.12. The van der Waals surface area contributed by atoms with Crippen molar-refractivity contribution in [3.63, 3.8) is 0 Å². The van der Waals surface area contributed by atoms with Gasteiger partial charge in [0.15, 0.2) is 5.65 Å². The molecule has 2 aromatic carbocycles. The van der Waals surface area contributed by atoms with E-state index in [1.54, 1.807) is 28.9 Å². The summed E-state index contributed by atoms with van der Waals surface area (Å²) in [5.74, 6) is -0.101. The molecule has 5 rings (SSSR count). The number of hydrogen-bond donors (Lipinski definition) is 0. The Morgan fingerprint density at radius 3 is 2.53 bits per heavy atom. The summed E-state index contributed by atoms with van der Waals surface area (Å²) in [5, 5.41) is 6.59. The summed E-state index contributed by atoms with van der Waals surface area (Å²) in [6.07, 6.45) is 2.10. The molecule has 7 heteroatoms. The van der Waals surface area contributed by atoms with Gasteiger partial charge in [-0.2, -0.15) is 5.10 Å². The maximum Gasteiger partial charge on any atom is 0.338 e. The highest BCUT2D eigenvalue weighted by molar-refractivity contribution is 6.36.